The van der Waals surface area contributed by atoms with Crippen LogP contribution in [-0.4, -0.2) is 71.0 Å². The van der Waals surface area contributed by atoms with Crippen LogP contribution in [0, 0.1) is 6.92 Å². The number of guanidine groups is 1. The summed E-state index contributed by atoms with van der Waals surface area (Å²) in [5, 5.41) is 6.78. The first-order valence-electron chi connectivity index (χ1n) is 11.3. The van der Waals surface area contributed by atoms with Gasteiger partial charge in [-0.15, -0.1) is 24.0 Å². The maximum absolute atomic E-state index is 6.08. The Kier molecular flexibility index (Phi) is 12.3. The minimum atomic E-state index is 0. The van der Waals surface area contributed by atoms with Crippen LogP contribution in [0.1, 0.15) is 16.7 Å². The molecule has 2 aromatic rings. The van der Waals surface area contributed by atoms with Crippen LogP contribution in [0.15, 0.2) is 47.5 Å². The number of ether oxygens (including phenoxy) is 3. The maximum Gasteiger partial charge on any atom is 0.191 e. The first-order chi connectivity index (χ1) is 15.7. The molecule has 0 radical (unpaired) electrons. The molecule has 0 atom stereocenters. The highest BCUT2D eigenvalue weighted by Crippen LogP contribution is 2.19. The second-order valence-corrected chi connectivity index (χ2v) is 7.82. The molecule has 0 aromatic heterocycles. The van der Waals surface area contributed by atoms with Gasteiger partial charge in [-0.2, -0.15) is 0 Å². The molecule has 7 nitrogen and oxygen atoms in total. The Balaban J connectivity index is 0.00000385. The van der Waals surface area contributed by atoms with E-state index in [-0.39, 0.29) is 24.0 Å². The van der Waals surface area contributed by atoms with Crippen molar-refractivity contribution in [2.45, 2.75) is 19.9 Å². The topological polar surface area (TPSA) is 67.4 Å². The van der Waals surface area contributed by atoms with Crippen molar-refractivity contribution in [1.29, 1.82) is 0 Å². The summed E-state index contributed by atoms with van der Waals surface area (Å²) < 4.78 is 16.9. The molecule has 0 saturated carbocycles. The summed E-state index contributed by atoms with van der Waals surface area (Å²) in [6.45, 7) is 8.64. The number of aryl methyl sites for hydroxylation is 1. The zero-order valence-corrected chi connectivity index (χ0v) is 22.3. The Bertz CT molecular complexity index is 872. The van der Waals surface area contributed by atoms with Crippen molar-refractivity contribution in [2.24, 2.45) is 4.99 Å². The first-order valence-corrected chi connectivity index (χ1v) is 11.3. The number of hydrogen-bond donors (Lipinski definition) is 2. The second kappa shape index (κ2) is 15.0. The molecule has 1 heterocycles. The zero-order chi connectivity index (χ0) is 22.6. The van der Waals surface area contributed by atoms with Gasteiger partial charge in [-0.3, -0.25) is 9.89 Å². The molecule has 0 spiro atoms. The summed E-state index contributed by atoms with van der Waals surface area (Å²) in [7, 11) is 3.50. The standard InChI is InChI=1S/C25H36N4O3.HI/c1-20-8-9-21(18-24(20)30-3)10-11-27-25(26-2)28-19-22-6-4-5-7-23(22)32-17-14-29-12-15-31-16-13-29;/h4-9,18H,10-17,19H2,1-3H3,(H2,26,27,28);1H. The van der Waals surface area contributed by atoms with Gasteiger partial charge in [0.15, 0.2) is 5.96 Å². The summed E-state index contributed by atoms with van der Waals surface area (Å²) in [5.74, 6) is 2.61. The SMILES string of the molecule is CN=C(NCCc1ccc(C)c(OC)c1)NCc1ccccc1OCCN1CCOCC1.I. The number of benzene rings is 2. The molecule has 0 aliphatic carbocycles. The van der Waals surface area contributed by atoms with E-state index in [9.17, 15) is 0 Å². The van der Waals surface area contributed by atoms with E-state index in [0.29, 0.717) is 13.2 Å². The predicted octanol–water partition coefficient (Wildman–Crippen LogP) is 3.24. The number of para-hydroxylation sites is 1. The number of nitrogens with one attached hydrogen (secondary N) is 2. The number of methoxy groups -OCH3 is 1. The number of hydrogen-bond acceptors (Lipinski definition) is 5. The molecule has 1 aliphatic heterocycles. The minimum Gasteiger partial charge on any atom is -0.496 e. The van der Waals surface area contributed by atoms with Gasteiger partial charge in [0.25, 0.3) is 0 Å². The summed E-state index contributed by atoms with van der Waals surface area (Å²) in [6, 6.07) is 14.5. The Morgan fingerprint density at radius 3 is 2.64 bits per heavy atom. The first kappa shape index (κ1) is 27.2. The van der Waals surface area contributed by atoms with E-state index in [1.54, 1.807) is 14.2 Å². The van der Waals surface area contributed by atoms with Crippen molar-refractivity contribution < 1.29 is 14.2 Å². The van der Waals surface area contributed by atoms with Gasteiger partial charge in [-0.05, 0) is 36.6 Å². The van der Waals surface area contributed by atoms with Crippen molar-refractivity contribution in [2.75, 3.05) is 60.2 Å². The van der Waals surface area contributed by atoms with Gasteiger partial charge in [0.2, 0.25) is 0 Å². The van der Waals surface area contributed by atoms with Gasteiger partial charge < -0.3 is 24.8 Å². The van der Waals surface area contributed by atoms with Gasteiger partial charge in [-0.25, -0.2) is 0 Å². The molecule has 0 amide bonds. The molecular weight excluding hydrogens is 531 g/mol. The Morgan fingerprint density at radius 2 is 1.88 bits per heavy atom. The monoisotopic (exact) mass is 568 g/mol. The summed E-state index contributed by atoms with van der Waals surface area (Å²) in [4.78, 5) is 6.72. The van der Waals surface area contributed by atoms with E-state index < -0.39 is 0 Å². The van der Waals surface area contributed by atoms with Crippen LogP contribution in [0.2, 0.25) is 0 Å². The van der Waals surface area contributed by atoms with Crippen molar-refractivity contribution in [1.82, 2.24) is 15.5 Å². The third kappa shape index (κ3) is 9.02. The minimum absolute atomic E-state index is 0. The van der Waals surface area contributed by atoms with Gasteiger partial charge >= 0.3 is 0 Å². The van der Waals surface area contributed by atoms with E-state index in [2.05, 4.69) is 51.7 Å². The molecule has 1 aliphatic rings. The highest BCUT2D eigenvalue weighted by Gasteiger charge is 2.11. The molecule has 33 heavy (non-hydrogen) atoms. The fourth-order valence-electron chi connectivity index (χ4n) is 3.64. The fraction of sp³-hybridized carbons (Fsp3) is 0.480. The van der Waals surface area contributed by atoms with Crippen molar-refractivity contribution in [3.63, 3.8) is 0 Å². The molecule has 182 valence electrons. The van der Waals surface area contributed by atoms with Crippen LogP contribution >= 0.6 is 24.0 Å². The van der Waals surface area contributed by atoms with Gasteiger partial charge in [-0.1, -0.05) is 30.3 Å². The molecule has 1 fully saturated rings. The Morgan fingerprint density at radius 1 is 1.09 bits per heavy atom. The van der Waals surface area contributed by atoms with E-state index in [0.717, 1.165) is 74.4 Å². The molecule has 8 heteroatoms. The molecule has 2 N–H and O–H groups in total. The van der Waals surface area contributed by atoms with E-state index in [1.807, 2.05) is 18.2 Å². The van der Waals surface area contributed by atoms with E-state index in [1.165, 1.54) is 5.56 Å². The highest BCUT2D eigenvalue weighted by molar-refractivity contribution is 14.0. The van der Waals surface area contributed by atoms with Crippen molar-refractivity contribution in [3.05, 3.63) is 59.2 Å². The lowest BCUT2D eigenvalue weighted by atomic mass is 10.1. The molecule has 0 bridgehead atoms. The van der Waals surface area contributed by atoms with Gasteiger partial charge in [0, 0.05) is 45.3 Å². The normalized spacial score (nSPS) is 14.3. The Labute approximate surface area is 214 Å². The average molecular weight is 569 g/mol. The van der Waals surface area contributed by atoms with Crippen LogP contribution in [0.3, 0.4) is 0 Å². The predicted molar refractivity (Wildman–Crippen MR) is 144 cm³/mol. The summed E-state index contributed by atoms with van der Waals surface area (Å²) in [5.41, 5.74) is 3.49. The third-order valence-electron chi connectivity index (χ3n) is 5.59. The molecule has 2 aromatic carbocycles. The van der Waals surface area contributed by atoms with Crippen molar-refractivity contribution in [3.8, 4) is 11.5 Å². The highest BCUT2D eigenvalue weighted by atomic mass is 127. The van der Waals surface area contributed by atoms with Crippen LogP contribution in [-0.2, 0) is 17.7 Å². The number of aliphatic imine (C=N–C) groups is 1. The lowest BCUT2D eigenvalue weighted by molar-refractivity contribution is 0.0322. The van der Waals surface area contributed by atoms with Crippen molar-refractivity contribution >= 4 is 29.9 Å². The van der Waals surface area contributed by atoms with Crippen LogP contribution < -0.4 is 20.1 Å². The largest absolute Gasteiger partial charge is 0.496 e. The molecule has 1 saturated heterocycles. The number of halogens is 1. The quantitative estimate of drug-likeness (QED) is 0.261. The Hall–Kier alpha value is -2.04. The smallest absolute Gasteiger partial charge is 0.191 e. The van der Waals surface area contributed by atoms with E-state index >= 15 is 0 Å². The number of nitrogens with zero attached hydrogens (tertiary/aromatic N) is 2. The average Bonchev–Trinajstić information content (AvgIpc) is 2.83. The van der Waals surface area contributed by atoms with Crippen LogP contribution in [0.25, 0.3) is 0 Å². The van der Waals surface area contributed by atoms with Gasteiger partial charge in [0.1, 0.15) is 18.1 Å². The van der Waals surface area contributed by atoms with Crippen LogP contribution in [0.5, 0.6) is 11.5 Å². The molecular formula is C25H37IN4O3. The summed E-state index contributed by atoms with van der Waals surface area (Å²) >= 11 is 0. The molecule has 3 rings (SSSR count). The number of rotatable bonds is 10. The maximum atomic E-state index is 6.08. The lowest BCUT2D eigenvalue weighted by Crippen LogP contribution is -2.39. The third-order valence-corrected chi connectivity index (χ3v) is 5.59. The zero-order valence-electron chi connectivity index (χ0n) is 19.9. The molecule has 0 unspecified atom stereocenters. The lowest BCUT2D eigenvalue weighted by Gasteiger charge is -2.26. The fourth-order valence-corrected chi connectivity index (χ4v) is 3.64. The van der Waals surface area contributed by atoms with Crippen LogP contribution in [0.4, 0.5) is 0 Å². The number of morpholine rings is 1. The van der Waals surface area contributed by atoms with E-state index in [4.69, 9.17) is 14.2 Å². The van der Waals surface area contributed by atoms with Gasteiger partial charge in [0.05, 0.1) is 20.3 Å². The summed E-state index contributed by atoms with van der Waals surface area (Å²) in [6.07, 6.45) is 0.887. The second-order valence-electron chi connectivity index (χ2n) is 7.82.